The molecular formula is C9H10N2O2. The van der Waals surface area contributed by atoms with Gasteiger partial charge in [-0.1, -0.05) is 0 Å². The minimum atomic E-state index is -0.398. The molecule has 4 heteroatoms. The van der Waals surface area contributed by atoms with E-state index in [2.05, 4.69) is 4.98 Å². The van der Waals surface area contributed by atoms with Crippen LogP contribution in [0.25, 0.3) is 11.1 Å². The van der Waals surface area contributed by atoms with Crippen LogP contribution in [0, 0.1) is 0 Å². The molecule has 1 unspecified atom stereocenters. The van der Waals surface area contributed by atoms with Gasteiger partial charge in [0.25, 0.3) is 0 Å². The van der Waals surface area contributed by atoms with Crippen molar-refractivity contribution in [1.29, 1.82) is 0 Å². The Kier molecular flexibility index (Phi) is 2.00. The SMILES string of the molecule is NC(CO)c1coc2ncccc12. The van der Waals surface area contributed by atoms with Gasteiger partial charge < -0.3 is 15.3 Å². The number of aromatic nitrogens is 1. The summed E-state index contributed by atoms with van der Waals surface area (Å²) < 4.78 is 5.17. The lowest BCUT2D eigenvalue weighted by Crippen LogP contribution is -2.13. The van der Waals surface area contributed by atoms with E-state index in [4.69, 9.17) is 15.3 Å². The first-order valence-electron chi connectivity index (χ1n) is 4.01. The fourth-order valence-electron chi connectivity index (χ4n) is 1.27. The molecule has 0 aromatic carbocycles. The van der Waals surface area contributed by atoms with Crippen molar-refractivity contribution in [3.63, 3.8) is 0 Å². The molecule has 68 valence electrons. The van der Waals surface area contributed by atoms with Crippen molar-refractivity contribution in [1.82, 2.24) is 4.98 Å². The molecule has 0 spiro atoms. The Hall–Kier alpha value is -1.39. The fourth-order valence-corrected chi connectivity index (χ4v) is 1.27. The average Bonchev–Trinajstić information content (AvgIpc) is 2.60. The zero-order chi connectivity index (χ0) is 9.26. The predicted molar refractivity (Wildman–Crippen MR) is 48.0 cm³/mol. The number of nitrogens with two attached hydrogens (primary N) is 1. The van der Waals surface area contributed by atoms with Crippen LogP contribution in [0.4, 0.5) is 0 Å². The van der Waals surface area contributed by atoms with Gasteiger partial charge in [0.05, 0.1) is 18.9 Å². The third kappa shape index (κ3) is 1.30. The quantitative estimate of drug-likeness (QED) is 0.714. The molecule has 1 atom stereocenters. The van der Waals surface area contributed by atoms with E-state index in [1.54, 1.807) is 12.5 Å². The summed E-state index contributed by atoms with van der Waals surface area (Å²) in [6.45, 7) is -0.0937. The molecule has 4 nitrogen and oxygen atoms in total. The molecular weight excluding hydrogens is 168 g/mol. The first-order chi connectivity index (χ1) is 6.33. The molecule has 0 bridgehead atoms. The number of aliphatic hydroxyl groups is 1. The van der Waals surface area contributed by atoms with Gasteiger partial charge in [0.15, 0.2) is 0 Å². The minimum Gasteiger partial charge on any atom is -0.446 e. The van der Waals surface area contributed by atoms with Crippen molar-refractivity contribution in [3.8, 4) is 0 Å². The van der Waals surface area contributed by atoms with Gasteiger partial charge in [0.1, 0.15) is 0 Å². The number of pyridine rings is 1. The molecule has 0 aliphatic carbocycles. The van der Waals surface area contributed by atoms with E-state index in [0.29, 0.717) is 5.71 Å². The van der Waals surface area contributed by atoms with Gasteiger partial charge in [-0.3, -0.25) is 0 Å². The van der Waals surface area contributed by atoms with Crippen LogP contribution in [0.2, 0.25) is 0 Å². The van der Waals surface area contributed by atoms with E-state index in [1.165, 1.54) is 0 Å². The molecule has 0 saturated carbocycles. The Balaban J connectivity index is 2.57. The molecule has 3 N–H and O–H groups in total. The fraction of sp³-hybridized carbons (Fsp3) is 0.222. The summed E-state index contributed by atoms with van der Waals surface area (Å²) in [5.74, 6) is 0. The molecule has 0 radical (unpaired) electrons. The van der Waals surface area contributed by atoms with Crippen LogP contribution in [-0.2, 0) is 0 Å². The number of rotatable bonds is 2. The monoisotopic (exact) mass is 178 g/mol. The molecule has 2 rings (SSSR count). The maximum absolute atomic E-state index is 8.88. The second kappa shape index (κ2) is 3.16. The summed E-state index contributed by atoms with van der Waals surface area (Å²) in [7, 11) is 0. The molecule has 13 heavy (non-hydrogen) atoms. The Bertz CT molecular complexity index is 411. The topological polar surface area (TPSA) is 72.3 Å². The van der Waals surface area contributed by atoms with Gasteiger partial charge >= 0.3 is 0 Å². The van der Waals surface area contributed by atoms with E-state index >= 15 is 0 Å². The number of hydrogen-bond acceptors (Lipinski definition) is 4. The minimum absolute atomic E-state index is 0.0937. The highest BCUT2D eigenvalue weighted by Gasteiger charge is 2.12. The highest BCUT2D eigenvalue weighted by atomic mass is 16.3. The number of hydrogen-bond donors (Lipinski definition) is 2. The summed E-state index contributed by atoms with van der Waals surface area (Å²) in [4.78, 5) is 4.01. The molecule has 2 aromatic heterocycles. The highest BCUT2D eigenvalue weighted by molar-refractivity contribution is 5.77. The Labute approximate surface area is 75.0 Å². The Morgan fingerprint density at radius 3 is 3.23 bits per heavy atom. The van der Waals surface area contributed by atoms with Crippen molar-refractivity contribution in [3.05, 3.63) is 30.2 Å². The van der Waals surface area contributed by atoms with Crippen LogP contribution in [-0.4, -0.2) is 16.7 Å². The summed E-state index contributed by atoms with van der Waals surface area (Å²) in [6, 6.07) is 3.28. The smallest absolute Gasteiger partial charge is 0.226 e. The average molecular weight is 178 g/mol. The van der Waals surface area contributed by atoms with Crippen LogP contribution in [0.15, 0.2) is 29.0 Å². The first-order valence-corrected chi connectivity index (χ1v) is 4.01. The Morgan fingerprint density at radius 2 is 2.46 bits per heavy atom. The van der Waals surface area contributed by atoms with Crippen molar-refractivity contribution in [2.24, 2.45) is 5.73 Å². The zero-order valence-corrected chi connectivity index (χ0v) is 6.97. The molecule has 2 aromatic rings. The number of fused-ring (bicyclic) bond motifs is 1. The third-order valence-electron chi connectivity index (χ3n) is 1.98. The van der Waals surface area contributed by atoms with E-state index in [-0.39, 0.29) is 6.61 Å². The van der Waals surface area contributed by atoms with Crippen LogP contribution in [0.5, 0.6) is 0 Å². The van der Waals surface area contributed by atoms with E-state index < -0.39 is 6.04 Å². The summed E-state index contributed by atoms with van der Waals surface area (Å²) >= 11 is 0. The second-order valence-corrected chi connectivity index (χ2v) is 2.84. The first kappa shape index (κ1) is 8.22. The number of aliphatic hydroxyl groups excluding tert-OH is 1. The van der Waals surface area contributed by atoms with Gasteiger partial charge in [-0.2, -0.15) is 0 Å². The zero-order valence-electron chi connectivity index (χ0n) is 6.97. The second-order valence-electron chi connectivity index (χ2n) is 2.84. The van der Waals surface area contributed by atoms with Crippen LogP contribution >= 0.6 is 0 Å². The standard InChI is InChI=1S/C9H10N2O2/c10-8(4-12)7-5-13-9-6(7)2-1-3-11-9/h1-3,5,8,12H,4,10H2. The van der Waals surface area contributed by atoms with Crippen LogP contribution in [0.3, 0.4) is 0 Å². The van der Waals surface area contributed by atoms with Crippen LogP contribution < -0.4 is 5.73 Å². The molecule has 0 fully saturated rings. The normalized spacial score (nSPS) is 13.4. The maximum atomic E-state index is 8.88. The van der Waals surface area contributed by atoms with Crippen molar-refractivity contribution in [2.45, 2.75) is 6.04 Å². The number of furan rings is 1. The predicted octanol–water partition coefficient (Wildman–Crippen LogP) is 0.820. The summed E-state index contributed by atoms with van der Waals surface area (Å²) in [5, 5.41) is 9.74. The van der Waals surface area contributed by atoms with E-state index in [9.17, 15) is 0 Å². The molecule has 2 heterocycles. The lowest BCUT2D eigenvalue weighted by molar-refractivity contribution is 0.268. The Morgan fingerprint density at radius 1 is 1.62 bits per heavy atom. The number of nitrogens with zero attached hydrogens (tertiary/aromatic N) is 1. The highest BCUT2D eigenvalue weighted by Crippen LogP contribution is 2.22. The van der Waals surface area contributed by atoms with Gasteiger partial charge in [-0.15, -0.1) is 0 Å². The summed E-state index contributed by atoms with van der Waals surface area (Å²) in [5.41, 5.74) is 7.02. The summed E-state index contributed by atoms with van der Waals surface area (Å²) in [6.07, 6.45) is 3.19. The lowest BCUT2D eigenvalue weighted by atomic mass is 10.1. The maximum Gasteiger partial charge on any atom is 0.226 e. The van der Waals surface area contributed by atoms with Crippen molar-refractivity contribution >= 4 is 11.1 Å². The molecule has 0 saturated heterocycles. The largest absolute Gasteiger partial charge is 0.446 e. The van der Waals surface area contributed by atoms with Crippen molar-refractivity contribution < 1.29 is 9.52 Å². The van der Waals surface area contributed by atoms with Gasteiger partial charge in [0, 0.05) is 17.1 Å². The van der Waals surface area contributed by atoms with Gasteiger partial charge in [0.2, 0.25) is 5.71 Å². The van der Waals surface area contributed by atoms with Crippen LogP contribution in [0.1, 0.15) is 11.6 Å². The third-order valence-corrected chi connectivity index (χ3v) is 1.98. The van der Waals surface area contributed by atoms with Gasteiger partial charge in [-0.25, -0.2) is 4.98 Å². The van der Waals surface area contributed by atoms with E-state index in [1.807, 2.05) is 12.1 Å². The molecule has 0 amide bonds. The van der Waals surface area contributed by atoms with Crippen molar-refractivity contribution in [2.75, 3.05) is 6.61 Å². The molecule has 0 aliphatic rings. The van der Waals surface area contributed by atoms with Gasteiger partial charge in [-0.05, 0) is 12.1 Å². The van der Waals surface area contributed by atoms with E-state index in [0.717, 1.165) is 10.9 Å². The molecule has 0 aliphatic heterocycles. The lowest BCUT2D eigenvalue weighted by Gasteiger charge is -2.03.